The van der Waals surface area contributed by atoms with E-state index in [0.717, 1.165) is 33.9 Å². The minimum atomic E-state index is -0.694. The summed E-state index contributed by atoms with van der Waals surface area (Å²) in [5.41, 5.74) is 2.05. The Morgan fingerprint density at radius 1 is 0.943 bits per heavy atom. The van der Waals surface area contributed by atoms with Crippen molar-refractivity contribution in [1.82, 2.24) is 15.1 Å². The molecule has 1 aromatic heterocycles. The van der Waals surface area contributed by atoms with Gasteiger partial charge in [0, 0.05) is 48.1 Å². The SMILES string of the molecule is C[C@H]1CN(C(=O)Cc2ccc(F)cc2F)CCN1c1nnc(-c2ccccc2)c2ccccc12.Cl. The highest BCUT2D eigenvalue weighted by molar-refractivity contribution is 6.00. The van der Waals surface area contributed by atoms with Gasteiger partial charge in [-0.3, -0.25) is 4.79 Å². The van der Waals surface area contributed by atoms with E-state index in [1.54, 1.807) is 4.90 Å². The molecule has 0 saturated carbocycles. The highest BCUT2D eigenvalue weighted by atomic mass is 35.5. The van der Waals surface area contributed by atoms with E-state index >= 15 is 0 Å². The summed E-state index contributed by atoms with van der Waals surface area (Å²) in [6.07, 6.45) is -0.0899. The lowest BCUT2D eigenvalue weighted by molar-refractivity contribution is -0.131. The standard InChI is InChI=1S/C27H24F2N4O.ClH/c1-18-17-32(25(34)15-20-11-12-21(28)16-24(20)29)13-14-33(18)27-23-10-6-5-9-22(23)26(30-31-27)19-7-3-2-4-8-19;/h2-12,16,18H,13-15,17H2,1H3;1H/t18-;/m0./s1. The molecular formula is C27H25ClF2N4O. The molecule has 35 heavy (non-hydrogen) atoms. The minimum Gasteiger partial charge on any atom is -0.348 e. The molecule has 0 spiro atoms. The van der Waals surface area contributed by atoms with Crippen molar-refractivity contribution in [3.63, 3.8) is 0 Å². The van der Waals surface area contributed by atoms with E-state index in [1.807, 2.05) is 55.5 Å². The number of amides is 1. The van der Waals surface area contributed by atoms with Crippen LogP contribution in [0.3, 0.4) is 0 Å². The summed E-state index contributed by atoms with van der Waals surface area (Å²) in [5, 5.41) is 11.2. The monoisotopic (exact) mass is 494 g/mol. The quantitative estimate of drug-likeness (QED) is 0.387. The lowest BCUT2D eigenvalue weighted by Crippen LogP contribution is -2.54. The maximum Gasteiger partial charge on any atom is 0.227 e. The van der Waals surface area contributed by atoms with Crippen molar-refractivity contribution < 1.29 is 13.6 Å². The van der Waals surface area contributed by atoms with Gasteiger partial charge in [0.15, 0.2) is 5.82 Å². The number of benzene rings is 3. The number of aromatic nitrogens is 2. The molecule has 2 heterocycles. The zero-order valence-electron chi connectivity index (χ0n) is 19.2. The third kappa shape index (κ3) is 4.95. The van der Waals surface area contributed by atoms with Gasteiger partial charge in [0.05, 0.1) is 6.42 Å². The zero-order valence-corrected chi connectivity index (χ0v) is 20.0. The predicted molar refractivity (Wildman–Crippen MR) is 136 cm³/mol. The van der Waals surface area contributed by atoms with Crippen molar-refractivity contribution >= 4 is 34.9 Å². The summed E-state index contributed by atoms with van der Waals surface area (Å²) in [7, 11) is 0. The van der Waals surface area contributed by atoms with E-state index in [2.05, 4.69) is 21.2 Å². The van der Waals surface area contributed by atoms with Crippen molar-refractivity contribution in [3.8, 4) is 11.3 Å². The van der Waals surface area contributed by atoms with Crippen LogP contribution in [0.5, 0.6) is 0 Å². The fraction of sp³-hybridized carbons (Fsp3) is 0.222. The molecule has 1 aliphatic rings. The first-order valence-corrected chi connectivity index (χ1v) is 11.3. The van der Waals surface area contributed by atoms with Crippen LogP contribution in [0, 0.1) is 11.6 Å². The first-order chi connectivity index (χ1) is 16.5. The lowest BCUT2D eigenvalue weighted by Gasteiger charge is -2.40. The van der Waals surface area contributed by atoms with Crippen LogP contribution in [-0.2, 0) is 11.2 Å². The highest BCUT2D eigenvalue weighted by Crippen LogP contribution is 2.32. The Kier molecular flexibility index (Phi) is 7.26. The van der Waals surface area contributed by atoms with E-state index in [9.17, 15) is 13.6 Å². The van der Waals surface area contributed by atoms with E-state index < -0.39 is 11.6 Å². The molecule has 180 valence electrons. The molecule has 1 saturated heterocycles. The fourth-order valence-corrected chi connectivity index (χ4v) is 4.55. The molecule has 8 heteroatoms. The van der Waals surface area contributed by atoms with Crippen LogP contribution in [0.4, 0.5) is 14.6 Å². The minimum absolute atomic E-state index is 0. The fourth-order valence-electron chi connectivity index (χ4n) is 4.55. The molecule has 0 radical (unpaired) electrons. The van der Waals surface area contributed by atoms with Gasteiger partial charge in [0.1, 0.15) is 17.3 Å². The molecule has 4 aromatic rings. The number of fused-ring (bicyclic) bond motifs is 1. The van der Waals surface area contributed by atoms with Gasteiger partial charge in [0.2, 0.25) is 5.91 Å². The molecule has 1 fully saturated rings. The number of hydrogen-bond donors (Lipinski definition) is 0. The molecule has 0 N–H and O–H groups in total. The molecule has 1 amide bonds. The molecule has 0 aliphatic carbocycles. The first kappa shape index (κ1) is 24.5. The van der Waals surface area contributed by atoms with Gasteiger partial charge in [-0.25, -0.2) is 8.78 Å². The summed E-state index contributed by atoms with van der Waals surface area (Å²) in [5.74, 6) is -0.727. The Hall–Kier alpha value is -3.58. The third-order valence-electron chi connectivity index (χ3n) is 6.32. The van der Waals surface area contributed by atoms with Crippen molar-refractivity contribution in [1.29, 1.82) is 0 Å². The van der Waals surface area contributed by atoms with Crippen molar-refractivity contribution in [2.24, 2.45) is 0 Å². The van der Waals surface area contributed by atoms with Gasteiger partial charge < -0.3 is 9.80 Å². The average Bonchev–Trinajstić information content (AvgIpc) is 2.85. The molecule has 5 nitrogen and oxygen atoms in total. The molecule has 3 aromatic carbocycles. The Morgan fingerprint density at radius 2 is 1.66 bits per heavy atom. The van der Waals surface area contributed by atoms with E-state index in [1.165, 1.54) is 12.1 Å². The predicted octanol–water partition coefficient (Wildman–Crippen LogP) is 5.28. The first-order valence-electron chi connectivity index (χ1n) is 11.3. The normalized spacial score (nSPS) is 15.7. The number of halogens is 3. The van der Waals surface area contributed by atoms with Crippen molar-refractivity contribution in [3.05, 3.63) is 90.0 Å². The van der Waals surface area contributed by atoms with Gasteiger partial charge in [-0.05, 0) is 18.6 Å². The maximum atomic E-state index is 14.0. The summed E-state index contributed by atoms with van der Waals surface area (Å²) in [6, 6.07) is 21.4. The molecule has 0 bridgehead atoms. The average molecular weight is 495 g/mol. The molecular weight excluding hydrogens is 470 g/mol. The summed E-state index contributed by atoms with van der Waals surface area (Å²) in [4.78, 5) is 16.7. The second kappa shape index (κ2) is 10.4. The van der Waals surface area contributed by atoms with Gasteiger partial charge in [0.25, 0.3) is 0 Å². The number of anilines is 1. The van der Waals surface area contributed by atoms with Gasteiger partial charge in [-0.1, -0.05) is 60.7 Å². The number of hydrogen-bond acceptors (Lipinski definition) is 4. The molecule has 0 unspecified atom stereocenters. The second-order valence-corrected chi connectivity index (χ2v) is 8.58. The Labute approximate surface area is 208 Å². The topological polar surface area (TPSA) is 49.3 Å². The Balaban J connectivity index is 0.00000289. The summed E-state index contributed by atoms with van der Waals surface area (Å²) >= 11 is 0. The van der Waals surface area contributed by atoms with Gasteiger partial charge in [-0.15, -0.1) is 22.6 Å². The van der Waals surface area contributed by atoms with Crippen LogP contribution in [0.1, 0.15) is 12.5 Å². The van der Waals surface area contributed by atoms with Crippen LogP contribution in [0.15, 0.2) is 72.8 Å². The van der Waals surface area contributed by atoms with E-state index in [-0.39, 0.29) is 36.3 Å². The van der Waals surface area contributed by atoms with Crippen molar-refractivity contribution in [2.45, 2.75) is 19.4 Å². The summed E-state index contributed by atoms with van der Waals surface area (Å²) in [6.45, 7) is 3.60. The van der Waals surface area contributed by atoms with Gasteiger partial charge >= 0.3 is 0 Å². The Morgan fingerprint density at radius 3 is 2.37 bits per heavy atom. The zero-order chi connectivity index (χ0) is 23.7. The Bertz CT molecular complexity index is 1350. The lowest BCUT2D eigenvalue weighted by atomic mass is 10.0. The van der Waals surface area contributed by atoms with Crippen LogP contribution in [0.2, 0.25) is 0 Å². The van der Waals surface area contributed by atoms with E-state index in [4.69, 9.17) is 0 Å². The maximum absolute atomic E-state index is 14.0. The number of piperazine rings is 1. The molecule has 1 atom stereocenters. The number of rotatable bonds is 4. The number of carbonyl (C=O) groups is 1. The van der Waals surface area contributed by atoms with Crippen LogP contribution in [-0.4, -0.2) is 46.7 Å². The van der Waals surface area contributed by atoms with Gasteiger partial charge in [-0.2, -0.15) is 0 Å². The molecule has 1 aliphatic heterocycles. The van der Waals surface area contributed by atoms with Crippen molar-refractivity contribution in [2.75, 3.05) is 24.5 Å². The second-order valence-electron chi connectivity index (χ2n) is 8.58. The van der Waals surface area contributed by atoms with Crippen LogP contribution in [0.25, 0.3) is 22.0 Å². The largest absolute Gasteiger partial charge is 0.348 e. The smallest absolute Gasteiger partial charge is 0.227 e. The third-order valence-corrected chi connectivity index (χ3v) is 6.32. The number of carbonyl (C=O) groups excluding carboxylic acids is 1. The highest BCUT2D eigenvalue weighted by Gasteiger charge is 2.29. The summed E-state index contributed by atoms with van der Waals surface area (Å²) < 4.78 is 27.2. The van der Waals surface area contributed by atoms with E-state index in [0.29, 0.717) is 19.6 Å². The van der Waals surface area contributed by atoms with Crippen LogP contribution < -0.4 is 4.90 Å². The molecule has 5 rings (SSSR count). The number of nitrogens with zero attached hydrogens (tertiary/aromatic N) is 4. The van der Waals surface area contributed by atoms with Crippen LogP contribution >= 0.6 is 12.4 Å².